The Kier molecular flexibility index (Phi) is 3.95. The summed E-state index contributed by atoms with van der Waals surface area (Å²) in [4.78, 5) is 0. The standard InChI is InChI=1S/C18H19BClO3/c1-17(2,21)18(3,4)23-19-12-8-5-7-11-15-13(20)9-6-10-14(15)22-16(11)12/h5-10,21H,1-4H3. The molecule has 3 aromatic rings. The predicted molar refractivity (Wildman–Crippen MR) is 95.6 cm³/mol. The first-order valence-electron chi connectivity index (χ1n) is 7.54. The van der Waals surface area contributed by atoms with Crippen LogP contribution < -0.4 is 5.46 Å². The number of rotatable bonds is 4. The predicted octanol–water partition coefficient (Wildman–Crippen LogP) is 4.05. The van der Waals surface area contributed by atoms with Crippen LogP contribution in [0.5, 0.6) is 0 Å². The molecule has 3 rings (SSSR count). The average molecular weight is 330 g/mol. The first kappa shape index (κ1) is 16.4. The SMILES string of the molecule is CC(C)(O)C(C)(C)O[B]c1cccc2c1oc1cccc(Cl)c12. The van der Waals surface area contributed by atoms with Gasteiger partial charge in [-0.1, -0.05) is 35.9 Å². The van der Waals surface area contributed by atoms with Crippen molar-refractivity contribution in [3.63, 3.8) is 0 Å². The Labute approximate surface area is 141 Å². The monoisotopic (exact) mass is 329 g/mol. The molecule has 0 aliphatic rings. The van der Waals surface area contributed by atoms with Crippen molar-refractivity contribution in [1.82, 2.24) is 0 Å². The summed E-state index contributed by atoms with van der Waals surface area (Å²) in [5.41, 5.74) is 0.567. The lowest BCUT2D eigenvalue weighted by atomic mass is 9.82. The Bertz CT molecular complexity index is 862. The lowest BCUT2D eigenvalue weighted by Gasteiger charge is -2.37. The fourth-order valence-corrected chi connectivity index (χ4v) is 2.54. The molecule has 0 amide bonds. The van der Waals surface area contributed by atoms with E-state index in [0.29, 0.717) is 5.02 Å². The minimum absolute atomic E-state index is 0.663. The van der Waals surface area contributed by atoms with Crippen LogP contribution in [0.15, 0.2) is 40.8 Å². The van der Waals surface area contributed by atoms with Crippen LogP contribution >= 0.6 is 11.6 Å². The highest BCUT2D eigenvalue weighted by Crippen LogP contribution is 2.33. The molecule has 0 aliphatic carbocycles. The molecular weight excluding hydrogens is 310 g/mol. The van der Waals surface area contributed by atoms with Crippen molar-refractivity contribution in [3.05, 3.63) is 41.4 Å². The lowest BCUT2D eigenvalue weighted by Crippen LogP contribution is -2.49. The molecule has 3 nitrogen and oxygen atoms in total. The summed E-state index contributed by atoms with van der Waals surface area (Å²) < 4.78 is 11.8. The van der Waals surface area contributed by atoms with E-state index < -0.39 is 11.2 Å². The third-order valence-corrected chi connectivity index (χ3v) is 4.77. The quantitative estimate of drug-likeness (QED) is 0.734. The van der Waals surface area contributed by atoms with E-state index >= 15 is 0 Å². The second-order valence-corrected chi connectivity index (χ2v) is 7.15. The van der Waals surface area contributed by atoms with Gasteiger partial charge >= 0.3 is 7.48 Å². The molecule has 1 heterocycles. The number of aliphatic hydroxyl groups is 1. The Morgan fingerprint density at radius 3 is 2.48 bits per heavy atom. The highest BCUT2D eigenvalue weighted by molar-refractivity contribution is 6.51. The maximum Gasteiger partial charge on any atom is 0.334 e. The second kappa shape index (κ2) is 5.55. The van der Waals surface area contributed by atoms with Gasteiger partial charge in [0.1, 0.15) is 11.2 Å². The fraction of sp³-hybridized carbons (Fsp3) is 0.333. The van der Waals surface area contributed by atoms with Crippen LogP contribution in [0.2, 0.25) is 5.02 Å². The van der Waals surface area contributed by atoms with E-state index in [0.717, 1.165) is 27.4 Å². The smallest absolute Gasteiger partial charge is 0.334 e. The van der Waals surface area contributed by atoms with E-state index in [4.69, 9.17) is 20.7 Å². The van der Waals surface area contributed by atoms with Gasteiger partial charge in [0, 0.05) is 10.8 Å². The van der Waals surface area contributed by atoms with Crippen molar-refractivity contribution in [2.24, 2.45) is 0 Å². The van der Waals surface area contributed by atoms with Crippen LogP contribution in [0.1, 0.15) is 27.7 Å². The topological polar surface area (TPSA) is 42.6 Å². The van der Waals surface area contributed by atoms with Crippen molar-refractivity contribution in [1.29, 1.82) is 0 Å². The molecule has 0 atom stereocenters. The third kappa shape index (κ3) is 2.87. The molecule has 5 heteroatoms. The van der Waals surface area contributed by atoms with Crippen LogP contribution in [0.3, 0.4) is 0 Å². The highest BCUT2D eigenvalue weighted by Gasteiger charge is 2.36. The summed E-state index contributed by atoms with van der Waals surface area (Å²) in [5.74, 6) is 0. The maximum absolute atomic E-state index is 10.2. The van der Waals surface area contributed by atoms with Gasteiger partial charge in [0.2, 0.25) is 0 Å². The van der Waals surface area contributed by atoms with Crippen LogP contribution in [0.4, 0.5) is 0 Å². The van der Waals surface area contributed by atoms with Gasteiger partial charge in [0.25, 0.3) is 0 Å². The number of fused-ring (bicyclic) bond motifs is 3. The van der Waals surface area contributed by atoms with E-state index in [-0.39, 0.29) is 0 Å². The Hall–Kier alpha value is -1.49. The maximum atomic E-state index is 10.2. The van der Waals surface area contributed by atoms with Crippen molar-refractivity contribution in [2.75, 3.05) is 0 Å². The number of furan rings is 1. The summed E-state index contributed by atoms with van der Waals surface area (Å²) in [6.07, 6.45) is 0. The van der Waals surface area contributed by atoms with Gasteiger partial charge in [0.15, 0.2) is 0 Å². The van der Waals surface area contributed by atoms with Crippen LogP contribution in [0.25, 0.3) is 21.9 Å². The van der Waals surface area contributed by atoms with E-state index in [2.05, 4.69) is 0 Å². The molecule has 1 radical (unpaired) electrons. The molecule has 0 spiro atoms. The molecule has 1 N–H and O–H groups in total. The van der Waals surface area contributed by atoms with Crippen LogP contribution in [-0.2, 0) is 4.65 Å². The molecule has 23 heavy (non-hydrogen) atoms. The molecule has 0 unspecified atom stereocenters. The van der Waals surface area contributed by atoms with Gasteiger partial charge in [-0.05, 0) is 45.3 Å². The summed E-state index contributed by atoms with van der Waals surface area (Å²) in [5, 5.41) is 12.7. The number of halogens is 1. The van der Waals surface area contributed by atoms with Crippen molar-refractivity contribution in [3.8, 4) is 0 Å². The number of hydrogen-bond acceptors (Lipinski definition) is 3. The fourth-order valence-electron chi connectivity index (χ4n) is 2.27. The van der Waals surface area contributed by atoms with Crippen molar-refractivity contribution < 1.29 is 14.2 Å². The zero-order valence-corrected chi connectivity index (χ0v) is 14.4. The Balaban J connectivity index is 2.03. The molecule has 0 saturated heterocycles. The number of hydrogen-bond donors (Lipinski definition) is 1. The van der Waals surface area contributed by atoms with E-state index in [1.807, 2.05) is 50.2 Å². The van der Waals surface area contributed by atoms with E-state index in [1.54, 1.807) is 21.3 Å². The van der Waals surface area contributed by atoms with Crippen LogP contribution in [0, 0.1) is 0 Å². The number of benzene rings is 2. The van der Waals surface area contributed by atoms with Crippen LogP contribution in [-0.4, -0.2) is 23.8 Å². The van der Waals surface area contributed by atoms with Gasteiger partial charge < -0.3 is 14.2 Å². The van der Waals surface area contributed by atoms with E-state index in [9.17, 15) is 5.11 Å². The van der Waals surface area contributed by atoms with Crippen molar-refractivity contribution in [2.45, 2.75) is 38.9 Å². The summed E-state index contributed by atoms with van der Waals surface area (Å²) in [7, 11) is 1.64. The van der Waals surface area contributed by atoms with Gasteiger partial charge in [-0.15, -0.1) is 0 Å². The molecular formula is C18H19BClO3. The van der Waals surface area contributed by atoms with Gasteiger partial charge in [-0.2, -0.15) is 0 Å². The van der Waals surface area contributed by atoms with Gasteiger partial charge in [0.05, 0.1) is 16.2 Å². The first-order chi connectivity index (χ1) is 10.7. The second-order valence-electron chi connectivity index (χ2n) is 6.74. The number of para-hydroxylation sites is 1. The lowest BCUT2D eigenvalue weighted by molar-refractivity contribution is -0.0893. The minimum atomic E-state index is -0.978. The van der Waals surface area contributed by atoms with Gasteiger partial charge in [-0.25, -0.2) is 0 Å². The molecule has 2 aromatic carbocycles. The molecule has 0 aliphatic heterocycles. The minimum Gasteiger partial charge on any atom is -0.456 e. The molecule has 0 fully saturated rings. The normalized spacial score (nSPS) is 13.0. The third-order valence-electron chi connectivity index (χ3n) is 4.46. The summed E-state index contributed by atoms with van der Waals surface area (Å²) >= 11 is 6.30. The molecule has 0 bridgehead atoms. The molecule has 119 valence electrons. The summed E-state index contributed by atoms with van der Waals surface area (Å²) in [6.45, 7) is 7.14. The molecule has 0 saturated carbocycles. The zero-order valence-electron chi connectivity index (χ0n) is 13.7. The van der Waals surface area contributed by atoms with Crippen molar-refractivity contribution >= 4 is 46.5 Å². The first-order valence-corrected chi connectivity index (χ1v) is 7.92. The highest BCUT2D eigenvalue weighted by atomic mass is 35.5. The van der Waals surface area contributed by atoms with Gasteiger partial charge in [-0.3, -0.25) is 0 Å². The Morgan fingerprint density at radius 2 is 1.78 bits per heavy atom. The average Bonchev–Trinajstić information content (AvgIpc) is 2.84. The largest absolute Gasteiger partial charge is 0.456 e. The molecule has 1 aromatic heterocycles. The van der Waals surface area contributed by atoms with E-state index in [1.165, 1.54) is 0 Å². The summed E-state index contributed by atoms with van der Waals surface area (Å²) in [6, 6.07) is 11.4. The zero-order chi connectivity index (χ0) is 16.8. The Morgan fingerprint density at radius 1 is 1.09 bits per heavy atom.